The molecule has 1 rings (SSSR count). The van der Waals surface area contributed by atoms with Crippen molar-refractivity contribution in [3.8, 4) is 0 Å². The normalized spacial score (nSPS) is 25.2. The molecule has 1 aliphatic heterocycles. The third kappa shape index (κ3) is 9.77. The Balaban J connectivity index is 2.78. The zero-order valence-electron chi connectivity index (χ0n) is 20.1. The van der Waals surface area contributed by atoms with Gasteiger partial charge in [-0.15, -0.1) is 0 Å². The van der Waals surface area contributed by atoms with Crippen molar-refractivity contribution < 1.29 is 23.8 Å². The summed E-state index contributed by atoms with van der Waals surface area (Å²) in [5.41, 5.74) is -0.490. The summed E-state index contributed by atoms with van der Waals surface area (Å²) in [6.45, 7) is 19.1. The molecule has 6 heteroatoms. The van der Waals surface area contributed by atoms with Crippen LogP contribution in [0.25, 0.3) is 0 Å². The molecule has 0 aromatic heterocycles. The number of aliphatic hydroxyl groups is 1. The third-order valence-corrected chi connectivity index (χ3v) is 10.3. The predicted molar refractivity (Wildman–Crippen MR) is 120 cm³/mol. The summed E-state index contributed by atoms with van der Waals surface area (Å²) in [4.78, 5) is 11.9. The van der Waals surface area contributed by atoms with Gasteiger partial charge in [0.15, 0.2) is 8.32 Å². The van der Waals surface area contributed by atoms with Gasteiger partial charge in [-0.05, 0) is 70.5 Å². The summed E-state index contributed by atoms with van der Waals surface area (Å²) in [5, 5.41) is 9.60. The van der Waals surface area contributed by atoms with Gasteiger partial charge in [0.2, 0.25) is 0 Å². The molecule has 1 fully saturated rings. The van der Waals surface area contributed by atoms with Gasteiger partial charge in [0.1, 0.15) is 5.60 Å². The van der Waals surface area contributed by atoms with E-state index >= 15 is 0 Å². The highest BCUT2D eigenvalue weighted by Crippen LogP contribution is 2.40. The van der Waals surface area contributed by atoms with Gasteiger partial charge < -0.3 is 19.0 Å². The lowest BCUT2D eigenvalue weighted by atomic mass is 9.93. The van der Waals surface area contributed by atoms with Crippen LogP contribution >= 0.6 is 0 Å². The molecule has 0 aromatic rings. The van der Waals surface area contributed by atoms with Crippen molar-refractivity contribution in [1.29, 1.82) is 0 Å². The van der Waals surface area contributed by atoms with E-state index < -0.39 is 13.9 Å². The van der Waals surface area contributed by atoms with Crippen LogP contribution in [0, 0.1) is 5.92 Å². The largest absolute Gasteiger partial charge is 0.457 e. The van der Waals surface area contributed by atoms with Gasteiger partial charge in [0.05, 0.1) is 12.2 Å². The van der Waals surface area contributed by atoms with Crippen molar-refractivity contribution in [2.24, 2.45) is 5.92 Å². The SMILES string of the molecule is C[C@@H](CO)C[C@@H]1C[C@H](O[Si](C)(C)C(C)(C)C)C[C@H](C/C=C/C(=O)OC(C)(C)C)O1. The lowest BCUT2D eigenvalue weighted by Gasteiger charge is -2.43. The lowest BCUT2D eigenvalue weighted by Crippen LogP contribution is -2.48. The Morgan fingerprint density at radius 1 is 1.17 bits per heavy atom. The Morgan fingerprint density at radius 3 is 2.28 bits per heavy atom. The van der Waals surface area contributed by atoms with E-state index in [1.807, 2.05) is 33.8 Å². The summed E-state index contributed by atoms with van der Waals surface area (Å²) in [6, 6.07) is 0. The number of ether oxygens (including phenoxy) is 2. The molecular weight excluding hydrogens is 384 g/mol. The Bertz CT molecular complexity index is 544. The van der Waals surface area contributed by atoms with Crippen LogP contribution in [-0.4, -0.2) is 49.9 Å². The monoisotopic (exact) mass is 428 g/mol. The topological polar surface area (TPSA) is 65.0 Å². The van der Waals surface area contributed by atoms with E-state index in [2.05, 4.69) is 33.9 Å². The Kier molecular flexibility index (Phi) is 9.59. The van der Waals surface area contributed by atoms with E-state index in [-0.39, 0.29) is 41.8 Å². The van der Waals surface area contributed by atoms with Crippen LogP contribution in [-0.2, 0) is 18.7 Å². The second-order valence-corrected chi connectivity index (χ2v) is 15.8. The number of aliphatic hydroxyl groups excluding tert-OH is 1. The van der Waals surface area contributed by atoms with E-state index in [9.17, 15) is 9.90 Å². The smallest absolute Gasteiger partial charge is 0.330 e. The van der Waals surface area contributed by atoms with Gasteiger partial charge in [0.25, 0.3) is 0 Å². The predicted octanol–water partition coefficient (Wildman–Crippen LogP) is 5.23. The standard InChI is InChI=1S/C23H44O5Si/c1-17(16-24)13-19-15-20(28-29(8,9)23(5,6)7)14-18(26-19)11-10-12-21(25)27-22(2,3)4/h10,12,17-20,24H,11,13-16H2,1-9H3/b12-10+/t17-,18+,19-,20-/m1/s1. The maximum absolute atomic E-state index is 11.9. The van der Waals surface area contributed by atoms with Gasteiger partial charge in [-0.25, -0.2) is 4.79 Å². The van der Waals surface area contributed by atoms with Crippen LogP contribution in [0.2, 0.25) is 18.1 Å². The van der Waals surface area contributed by atoms with Crippen molar-refractivity contribution >= 4 is 14.3 Å². The highest BCUT2D eigenvalue weighted by molar-refractivity contribution is 6.74. The first-order valence-electron chi connectivity index (χ1n) is 11.0. The minimum Gasteiger partial charge on any atom is -0.457 e. The fourth-order valence-corrected chi connectivity index (χ4v) is 4.61. The number of hydrogen-bond donors (Lipinski definition) is 1. The van der Waals surface area contributed by atoms with Crippen molar-refractivity contribution in [2.75, 3.05) is 6.61 Å². The molecule has 1 aliphatic rings. The zero-order valence-corrected chi connectivity index (χ0v) is 21.1. The summed E-state index contributed by atoms with van der Waals surface area (Å²) >= 11 is 0. The van der Waals surface area contributed by atoms with Gasteiger partial charge in [-0.1, -0.05) is 33.8 Å². The molecule has 1 N–H and O–H groups in total. The molecule has 0 aromatic carbocycles. The third-order valence-electron chi connectivity index (χ3n) is 5.74. The molecule has 0 unspecified atom stereocenters. The summed E-state index contributed by atoms with van der Waals surface area (Å²) < 4.78 is 18.3. The maximum Gasteiger partial charge on any atom is 0.330 e. The highest BCUT2D eigenvalue weighted by Gasteiger charge is 2.41. The average molecular weight is 429 g/mol. The van der Waals surface area contributed by atoms with Gasteiger partial charge >= 0.3 is 5.97 Å². The molecule has 170 valence electrons. The van der Waals surface area contributed by atoms with Crippen molar-refractivity contribution in [3.05, 3.63) is 12.2 Å². The second kappa shape index (κ2) is 10.6. The zero-order chi connectivity index (χ0) is 22.5. The van der Waals surface area contributed by atoms with E-state index in [0.29, 0.717) is 6.42 Å². The molecule has 29 heavy (non-hydrogen) atoms. The first-order chi connectivity index (χ1) is 13.1. The molecule has 0 spiro atoms. The lowest BCUT2D eigenvalue weighted by molar-refractivity contribution is -0.148. The van der Waals surface area contributed by atoms with E-state index in [4.69, 9.17) is 13.9 Å². The summed E-state index contributed by atoms with van der Waals surface area (Å²) in [5.74, 6) is -0.127. The fourth-order valence-electron chi connectivity index (χ4n) is 3.23. The van der Waals surface area contributed by atoms with Gasteiger partial charge in [-0.3, -0.25) is 0 Å². The van der Waals surface area contributed by atoms with Gasteiger partial charge in [-0.2, -0.15) is 0 Å². The number of carbonyl (C=O) groups is 1. The van der Waals surface area contributed by atoms with Crippen LogP contribution < -0.4 is 0 Å². The van der Waals surface area contributed by atoms with Crippen LogP contribution in [0.1, 0.15) is 74.1 Å². The summed E-state index contributed by atoms with van der Waals surface area (Å²) in [7, 11) is -1.87. The average Bonchev–Trinajstić information content (AvgIpc) is 2.51. The second-order valence-electron chi connectivity index (χ2n) is 11.0. The molecule has 0 bridgehead atoms. The number of hydrogen-bond acceptors (Lipinski definition) is 5. The molecule has 0 aliphatic carbocycles. The maximum atomic E-state index is 11.9. The van der Waals surface area contributed by atoms with Crippen LogP contribution in [0.3, 0.4) is 0 Å². The number of carbonyl (C=O) groups excluding carboxylic acids is 1. The molecule has 1 saturated heterocycles. The van der Waals surface area contributed by atoms with Crippen molar-refractivity contribution in [2.45, 2.75) is 116 Å². The quantitative estimate of drug-likeness (QED) is 0.326. The molecule has 5 nitrogen and oxygen atoms in total. The molecule has 0 saturated carbocycles. The number of esters is 1. The summed E-state index contributed by atoms with van der Waals surface area (Å²) in [6.07, 6.45) is 6.74. The first kappa shape index (κ1) is 26.3. The molecular formula is C23H44O5Si. The molecule has 0 radical (unpaired) electrons. The van der Waals surface area contributed by atoms with Gasteiger partial charge in [0, 0.05) is 18.8 Å². The molecule has 0 amide bonds. The molecule has 1 heterocycles. The number of rotatable bonds is 8. The van der Waals surface area contributed by atoms with E-state index in [1.165, 1.54) is 6.08 Å². The van der Waals surface area contributed by atoms with Crippen molar-refractivity contribution in [3.63, 3.8) is 0 Å². The highest BCUT2D eigenvalue weighted by atomic mass is 28.4. The van der Waals surface area contributed by atoms with Crippen LogP contribution in [0.4, 0.5) is 0 Å². The van der Waals surface area contributed by atoms with E-state index in [0.717, 1.165) is 19.3 Å². The minimum absolute atomic E-state index is 0.00750. The van der Waals surface area contributed by atoms with Crippen LogP contribution in [0.5, 0.6) is 0 Å². The van der Waals surface area contributed by atoms with Crippen molar-refractivity contribution in [1.82, 2.24) is 0 Å². The Labute approximate surface area is 179 Å². The Hall–Kier alpha value is -0.693. The van der Waals surface area contributed by atoms with E-state index in [1.54, 1.807) is 0 Å². The Morgan fingerprint density at radius 2 is 1.76 bits per heavy atom. The first-order valence-corrected chi connectivity index (χ1v) is 13.9. The van der Waals surface area contributed by atoms with Crippen LogP contribution in [0.15, 0.2) is 12.2 Å². The fraction of sp³-hybridized carbons (Fsp3) is 0.870. The minimum atomic E-state index is -1.87. The molecule has 4 atom stereocenters.